The van der Waals surface area contributed by atoms with E-state index in [4.69, 9.17) is 10.2 Å². The first kappa shape index (κ1) is 11.6. The molecule has 0 saturated heterocycles. The Balaban J connectivity index is 1.94. The van der Waals surface area contributed by atoms with Crippen molar-refractivity contribution in [1.82, 2.24) is 4.98 Å². The number of aromatic nitrogens is 1. The lowest BCUT2D eigenvalue weighted by Gasteiger charge is -1.98. The van der Waals surface area contributed by atoms with Gasteiger partial charge in [0, 0.05) is 18.2 Å². The Morgan fingerprint density at radius 1 is 1.05 bits per heavy atom. The first-order valence-electron chi connectivity index (χ1n) is 5.71. The van der Waals surface area contributed by atoms with Gasteiger partial charge in [-0.05, 0) is 29.8 Å². The molecule has 0 aliphatic rings. The summed E-state index contributed by atoms with van der Waals surface area (Å²) in [5, 5.41) is 0. The van der Waals surface area contributed by atoms with Gasteiger partial charge in [0.05, 0.1) is 0 Å². The van der Waals surface area contributed by atoms with E-state index < -0.39 is 11.6 Å². The van der Waals surface area contributed by atoms with Crippen LogP contribution >= 0.6 is 0 Å². The van der Waals surface area contributed by atoms with E-state index in [9.17, 15) is 8.78 Å². The quantitative estimate of drug-likeness (QED) is 0.719. The normalized spacial score (nSPS) is 11.1. The van der Waals surface area contributed by atoms with Crippen LogP contribution in [0.3, 0.4) is 0 Å². The summed E-state index contributed by atoms with van der Waals surface area (Å²) in [5.74, 6) is -1.31. The molecule has 1 heterocycles. The third-order valence-corrected chi connectivity index (χ3v) is 2.80. The van der Waals surface area contributed by atoms with Crippen LogP contribution in [0.15, 0.2) is 40.8 Å². The molecule has 0 atom stereocenters. The molecule has 5 heteroatoms. The van der Waals surface area contributed by atoms with Crippen LogP contribution in [0.4, 0.5) is 14.5 Å². The highest BCUT2D eigenvalue weighted by Crippen LogP contribution is 2.20. The van der Waals surface area contributed by atoms with E-state index in [1.54, 1.807) is 18.2 Å². The Kier molecular flexibility index (Phi) is 2.67. The third-order valence-electron chi connectivity index (χ3n) is 2.80. The van der Waals surface area contributed by atoms with Gasteiger partial charge in [0.25, 0.3) is 0 Å². The Bertz CT molecular complexity index is 752. The third kappa shape index (κ3) is 2.27. The van der Waals surface area contributed by atoms with Crippen molar-refractivity contribution in [3.05, 3.63) is 59.5 Å². The molecule has 3 nitrogen and oxygen atoms in total. The van der Waals surface area contributed by atoms with E-state index in [2.05, 4.69) is 4.98 Å². The minimum atomic E-state index is -0.877. The summed E-state index contributed by atoms with van der Waals surface area (Å²) in [6.07, 6.45) is 0.297. The smallest absolute Gasteiger partial charge is 0.199 e. The van der Waals surface area contributed by atoms with Crippen molar-refractivity contribution < 1.29 is 13.2 Å². The zero-order chi connectivity index (χ0) is 13.4. The van der Waals surface area contributed by atoms with Crippen LogP contribution in [0.2, 0.25) is 0 Å². The number of nitrogen functional groups attached to an aromatic ring is 1. The largest absolute Gasteiger partial charge is 0.440 e. The number of oxazole rings is 1. The number of benzene rings is 2. The first-order chi connectivity index (χ1) is 9.11. The average molecular weight is 260 g/mol. The molecule has 0 fully saturated rings. The summed E-state index contributed by atoms with van der Waals surface area (Å²) in [5.41, 5.74) is 8.09. The fraction of sp³-hybridized carbons (Fsp3) is 0.0714. The predicted molar refractivity (Wildman–Crippen MR) is 67.6 cm³/mol. The molecular formula is C14H10F2N2O. The van der Waals surface area contributed by atoms with E-state index in [1.165, 1.54) is 6.07 Å². The minimum Gasteiger partial charge on any atom is -0.440 e. The highest BCUT2D eigenvalue weighted by atomic mass is 19.2. The number of nitrogens with zero attached hydrogens (tertiary/aromatic N) is 1. The van der Waals surface area contributed by atoms with Crippen LogP contribution in [0.1, 0.15) is 11.5 Å². The van der Waals surface area contributed by atoms with Crippen molar-refractivity contribution in [2.24, 2.45) is 0 Å². The Morgan fingerprint density at radius 3 is 2.68 bits per heavy atom. The van der Waals surface area contributed by atoms with Crippen LogP contribution < -0.4 is 5.73 Å². The molecule has 0 aliphatic heterocycles. The number of nitrogens with two attached hydrogens (primary N) is 1. The van der Waals surface area contributed by atoms with Gasteiger partial charge < -0.3 is 10.2 Å². The highest BCUT2D eigenvalue weighted by Gasteiger charge is 2.09. The van der Waals surface area contributed by atoms with E-state index in [1.807, 2.05) is 0 Å². The fourth-order valence-corrected chi connectivity index (χ4v) is 1.89. The molecule has 0 aliphatic carbocycles. The zero-order valence-electron chi connectivity index (χ0n) is 9.86. The monoisotopic (exact) mass is 260 g/mol. The molecule has 2 N–H and O–H groups in total. The number of halogens is 2. The van der Waals surface area contributed by atoms with Gasteiger partial charge in [-0.25, -0.2) is 13.8 Å². The van der Waals surface area contributed by atoms with Crippen molar-refractivity contribution in [2.45, 2.75) is 6.42 Å². The fourth-order valence-electron chi connectivity index (χ4n) is 1.89. The summed E-state index contributed by atoms with van der Waals surface area (Å²) in [4.78, 5) is 4.26. The maximum Gasteiger partial charge on any atom is 0.199 e. The van der Waals surface area contributed by atoms with Crippen LogP contribution in [-0.2, 0) is 6.42 Å². The number of rotatable bonds is 2. The highest BCUT2D eigenvalue weighted by molar-refractivity contribution is 5.76. The molecule has 96 valence electrons. The van der Waals surface area contributed by atoms with Crippen molar-refractivity contribution >= 4 is 16.8 Å². The van der Waals surface area contributed by atoms with E-state index >= 15 is 0 Å². The molecule has 2 aromatic carbocycles. The predicted octanol–water partition coefficient (Wildman–Crippen LogP) is 3.28. The maximum atomic E-state index is 13.1. The van der Waals surface area contributed by atoms with Gasteiger partial charge in [0.15, 0.2) is 23.1 Å². The van der Waals surface area contributed by atoms with Gasteiger partial charge in [0.1, 0.15) is 5.52 Å². The number of fused-ring (bicyclic) bond motifs is 1. The second-order valence-electron chi connectivity index (χ2n) is 4.26. The molecule has 0 spiro atoms. The lowest BCUT2D eigenvalue weighted by molar-refractivity contribution is 0.505. The summed E-state index contributed by atoms with van der Waals surface area (Å²) in [7, 11) is 0. The summed E-state index contributed by atoms with van der Waals surface area (Å²) in [6, 6.07) is 8.89. The number of hydrogen-bond donors (Lipinski definition) is 1. The average Bonchev–Trinajstić information content (AvgIpc) is 2.75. The number of anilines is 1. The van der Waals surface area contributed by atoms with Crippen LogP contribution in [0, 0.1) is 11.6 Å². The van der Waals surface area contributed by atoms with Gasteiger partial charge in [-0.15, -0.1) is 0 Å². The summed E-state index contributed by atoms with van der Waals surface area (Å²) in [6.45, 7) is 0. The molecule has 3 aromatic rings. The lowest BCUT2D eigenvalue weighted by Crippen LogP contribution is -1.91. The van der Waals surface area contributed by atoms with Gasteiger partial charge in [-0.2, -0.15) is 0 Å². The number of hydrogen-bond acceptors (Lipinski definition) is 3. The molecule has 19 heavy (non-hydrogen) atoms. The Labute approximate surface area is 107 Å². The van der Waals surface area contributed by atoms with Gasteiger partial charge in [-0.3, -0.25) is 0 Å². The van der Waals surface area contributed by atoms with Gasteiger partial charge in [0.2, 0.25) is 0 Å². The molecule has 1 aromatic heterocycles. The van der Waals surface area contributed by atoms with Gasteiger partial charge in [-0.1, -0.05) is 6.07 Å². The summed E-state index contributed by atoms with van der Waals surface area (Å²) < 4.78 is 31.4. The van der Waals surface area contributed by atoms with Crippen LogP contribution in [0.25, 0.3) is 11.1 Å². The molecule has 3 rings (SSSR count). The van der Waals surface area contributed by atoms with Crippen molar-refractivity contribution in [1.29, 1.82) is 0 Å². The second kappa shape index (κ2) is 4.35. The minimum absolute atomic E-state index is 0.297. The summed E-state index contributed by atoms with van der Waals surface area (Å²) >= 11 is 0. The zero-order valence-corrected chi connectivity index (χ0v) is 9.86. The van der Waals surface area contributed by atoms with E-state index in [0.29, 0.717) is 34.7 Å². The van der Waals surface area contributed by atoms with Crippen molar-refractivity contribution in [3.63, 3.8) is 0 Å². The topological polar surface area (TPSA) is 52.0 Å². The molecule has 0 unspecified atom stereocenters. The van der Waals surface area contributed by atoms with Crippen LogP contribution in [-0.4, -0.2) is 4.98 Å². The van der Waals surface area contributed by atoms with Gasteiger partial charge >= 0.3 is 0 Å². The van der Waals surface area contributed by atoms with Crippen molar-refractivity contribution in [3.8, 4) is 0 Å². The molecule has 0 bridgehead atoms. The van der Waals surface area contributed by atoms with E-state index in [-0.39, 0.29) is 0 Å². The molecule has 0 radical (unpaired) electrons. The van der Waals surface area contributed by atoms with Crippen molar-refractivity contribution in [2.75, 3.05) is 5.73 Å². The molecule has 0 saturated carbocycles. The second-order valence-corrected chi connectivity index (χ2v) is 4.26. The lowest BCUT2D eigenvalue weighted by atomic mass is 10.1. The SMILES string of the molecule is Nc1ccc2nc(Cc3ccc(F)c(F)c3)oc2c1. The Morgan fingerprint density at radius 2 is 1.89 bits per heavy atom. The van der Waals surface area contributed by atoms with E-state index in [0.717, 1.165) is 12.1 Å². The maximum absolute atomic E-state index is 13.1. The Hall–Kier alpha value is -2.43. The van der Waals surface area contributed by atoms with Crippen LogP contribution in [0.5, 0.6) is 0 Å². The molecule has 0 amide bonds. The standard InChI is InChI=1S/C14H10F2N2O/c15-10-3-1-8(5-11(10)16)6-14-18-12-4-2-9(17)7-13(12)19-14/h1-5,7H,6,17H2. The first-order valence-corrected chi connectivity index (χ1v) is 5.71. The molecular weight excluding hydrogens is 250 g/mol.